The van der Waals surface area contributed by atoms with Crippen LogP contribution in [-0.4, -0.2) is 16.2 Å². The lowest BCUT2D eigenvalue weighted by molar-refractivity contribution is 0.0697. The number of carboxylic acid groups (broad SMARTS) is 1. The van der Waals surface area contributed by atoms with Crippen molar-refractivity contribution in [2.75, 3.05) is 0 Å². The number of thiophene rings is 1. The van der Waals surface area contributed by atoms with Crippen LogP contribution in [0.4, 0.5) is 0 Å². The summed E-state index contributed by atoms with van der Waals surface area (Å²) in [6, 6.07) is 3.37. The van der Waals surface area contributed by atoms with Gasteiger partial charge < -0.3 is 9.63 Å². The Morgan fingerprint density at radius 2 is 2.36 bits per heavy atom. The van der Waals surface area contributed by atoms with E-state index in [9.17, 15) is 4.79 Å². The molecule has 0 aromatic carbocycles. The first-order valence-electron chi connectivity index (χ1n) is 3.62. The van der Waals surface area contributed by atoms with Gasteiger partial charge in [0.15, 0.2) is 5.76 Å². The van der Waals surface area contributed by atoms with Gasteiger partial charge in [0.1, 0.15) is 5.56 Å². The Hall–Kier alpha value is -1.33. The molecule has 14 heavy (non-hydrogen) atoms. The second kappa shape index (κ2) is 3.43. The summed E-state index contributed by atoms with van der Waals surface area (Å²) < 4.78 is 5.42. The van der Waals surface area contributed by atoms with Crippen LogP contribution in [0.2, 0.25) is 4.34 Å². The van der Waals surface area contributed by atoms with Gasteiger partial charge in [0.25, 0.3) is 0 Å². The highest BCUT2D eigenvalue weighted by atomic mass is 35.5. The molecule has 2 aromatic heterocycles. The van der Waals surface area contributed by atoms with Crippen LogP contribution in [-0.2, 0) is 0 Å². The molecule has 0 aliphatic carbocycles. The van der Waals surface area contributed by atoms with E-state index >= 15 is 0 Å². The molecule has 72 valence electrons. The van der Waals surface area contributed by atoms with Crippen LogP contribution in [0.25, 0.3) is 10.6 Å². The Bertz CT molecular complexity index is 476. The second-order valence-corrected chi connectivity index (χ2v) is 4.19. The molecule has 0 aliphatic rings. The summed E-state index contributed by atoms with van der Waals surface area (Å²) in [4.78, 5) is 11.4. The van der Waals surface area contributed by atoms with E-state index in [1.54, 1.807) is 12.1 Å². The molecular weight excluding hydrogens is 226 g/mol. The number of carbonyl (C=O) groups is 1. The number of aromatic carboxylic acids is 1. The number of carboxylic acids is 1. The van der Waals surface area contributed by atoms with Crippen molar-refractivity contribution in [3.63, 3.8) is 0 Å². The van der Waals surface area contributed by atoms with Crippen molar-refractivity contribution in [2.24, 2.45) is 0 Å². The lowest BCUT2D eigenvalue weighted by atomic mass is 10.2. The first kappa shape index (κ1) is 9.23. The minimum absolute atomic E-state index is 0.0449. The smallest absolute Gasteiger partial charge is 0.341 e. The van der Waals surface area contributed by atoms with Crippen LogP contribution in [0.5, 0.6) is 0 Å². The molecule has 0 amide bonds. The largest absolute Gasteiger partial charge is 0.477 e. The topological polar surface area (TPSA) is 63.3 Å². The summed E-state index contributed by atoms with van der Waals surface area (Å²) >= 11 is 6.96. The summed E-state index contributed by atoms with van der Waals surface area (Å²) in [5.74, 6) is -0.819. The maximum absolute atomic E-state index is 10.7. The highest BCUT2D eigenvalue weighted by molar-refractivity contribution is 7.19. The molecule has 4 nitrogen and oxygen atoms in total. The van der Waals surface area contributed by atoms with Crippen molar-refractivity contribution in [1.82, 2.24) is 5.16 Å². The van der Waals surface area contributed by atoms with Crippen LogP contribution in [0.3, 0.4) is 0 Å². The second-order valence-electron chi connectivity index (χ2n) is 2.48. The SMILES string of the molecule is O=C(O)c1cnoc1-c1ccc(Cl)s1. The van der Waals surface area contributed by atoms with Crippen molar-refractivity contribution in [2.45, 2.75) is 0 Å². The normalized spacial score (nSPS) is 10.4. The number of rotatable bonds is 2. The molecule has 0 bridgehead atoms. The average Bonchev–Trinajstić information content (AvgIpc) is 2.70. The van der Waals surface area contributed by atoms with Gasteiger partial charge in [0.2, 0.25) is 0 Å². The fourth-order valence-electron chi connectivity index (χ4n) is 1.01. The van der Waals surface area contributed by atoms with E-state index < -0.39 is 5.97 Å². The van der Waals surface area contributed by atoms with Gasteiger partial charge in [-0.2, -0.15) is 0 Å². The molecule has 2 rings (SSSR count). The highest BCUT2D eigenvalue weighted by Crippen LogP contribution is 2.32. The minimum Gasteiger partial charge on any atom is -0.477 e. The predicted octanol–water partition coefficient (Wildman–Crippen LogP) is 2.75. The van der Waals surface area contributed by atoms with E-state index in [2.05, 4.69) is 5.16 Å². The molecule has 0 spiro atoms. The fraction of sp³-hybridized carbons (Fsp3) is 0. The van der Waals surface area contributed by atoms with Crippen LogP contribution < -0.4 is 0 Å². The summed E-state index contributed by atoms with van der Waals surface area (Å²) in [6.45, 7) is 0. The Morgan fingerprint density at radius 3 is 2.93 bits per heavy atom. The first-order chi connectivity index (χ1) is 6.68. The van der Waals surface area contributed by atoms with Gasteiger partial charge >= 0.3 is 5.97 Å². The maximum Gasteiger partial charge on any atom is 0.341 e. The first-order valence-corrected chi connectivity index (χ1v) is 4.81. The number of hydrogen-bond acceptors (Lipinski definition) is 4. The molecule has 2 aromatic rings. The van der Waals surface area contributed by atoms with E-state index in [-0.39, 0.29) is 11.3 Å². The summed E-state index contributed by atoms with van der Waals surface area (Å²) in [5.41, 5.74) is 0.0449. The number of halogens is 1. The van der Waals surface area contributed by atoms with E-state index in [0.29, 0.717) is 9.21 Å². The molecule has 0 saturated carbocycles. The zero-order valence-corrected chi connectivity index (χ0v) is 8.30. The summed E-state index contributed by atoms with van der Waals surface area (Å²) in [5, 5.41) is 12.2. The molecule has 0 aliphatic heterocycles. The van der Waals surface area contributed by atoms with Crippen LogP contribution in [0.1, 0.15) is 10.4 Å². The predicted molar refractivity (Wildman–Crippen MR) is 51.8 cm³/mol. The quantitative estimate of drug-likeness (QED) is 0.860. The van der Waals surface area contributed by atoms with Gasteiger partial charge in [-0.3, -0.25) is 0 Å². The number of hydrogen-bond donors (Lipinski definition) is 1. The molecule has 0 fully saturated rings. The monoisotopic (exact) mass is 229 g/mol. The summed E-state index contributed by atoms with van der Waals surface area (Å²) in [6.07, 6.45) is 1.17. The Labute approximate surface area is 87.7 Å². The zero-order chi connectivity index (χ0) is 10.1. The van der Waals surface area contributed by atoms with Gasteiger partial charge in [0, 0.05) is 0 Å². The third-order valence-corrected chi connectivity index (χ3v) is 2.83. The van der Waals surface area contributed by atoms with Gasteiger partial charge in [-0.05, 0) is 12.1 Å². The third-order valence-electron chi connectivity index (χ3n) is 1.60. The lowest BCUT2D eigenvalue weighted by Crippen LogP contribution is -1.94. The zero-order valence-electron chi connectivity index (χ0n) is 6.73. The van der Waals surface area contributed by atoms with Crippen LogP contribution in [0.15, 0.2) is 22.9 Å². The Kier molecular flexibility index (Phi) is 2.26. The van der Waals surface area contributed by atoms with Gasteiger partial charge in [-0.25, -0.2) is 4.79 Å². The van der Waals surface area contributed by atoms with Crippen molar-refractivity contribution in [3.05, 3.63) is 28.2 Å². The van der Waals surface area contributed by atoms with Crippen molar-refractivity contribution in [3.8, 4) is 10.6 Å². The Balaban J connectivity index is 2.51. The molecule has 0 saturated heterocycles. The van der Waals surface area contributed by atoms with Crippen molar-refractivity contribution >= 4 is 28.9 Å². The van der Waals surface area contributed by atoms with Gasteiger partial charge in [0.05, 0.1) is 15.4 Å². The van der Waals surface area contributed by atoms with Gasteiger partial charge in [-0.1, -0.05) is 16.8 Å². The van der Waals surface area contributed by atoms with Crippen LogP contribution >= 0.6 is 22.9 Å². The minimum atomic E-state index is -1.06. The van der Waals surface area contributed by atoms with Crippen molar-refractivity contribution in [1.29, 1.82) is 0 Å². The maximum atomic E-state index is 10.7. The number of aromatic nitrogens is 1. The molecule has 0 radical (unpaired) electrons. The molecular formula is C8H4ClNO3S. The van der Waals surface area contributed by atoms with E-state index in [4.69, 9.17) is 21.2 Å². The lowest BCUT2D eigenvalue weighted by Gasteiger charge is -1.90. The number of nitrogens with zero attached hydrogens (tertiary/aromatic N) is 1. The fourth-order valence-corrected chi connectivity index (χ4v) is 2.04. The van der Waals surface area contributed by atoms with Crippen LogP contribution in [0, 0.1) is 0 Å². The molecule has 1 N–H and O–H groups in total. The van der Waals surface area contributed by atoms with Crippen molar-refractivity contribution < 1.29 is 14.4 Å². The highest BCUT2D eigenvalue weighted by Gasteiger charge is 2.17. The average molecular weight is 230 g/mol. The Morgan fingerprint density at radius 1 is 1.57 bits per heavy atom. The molecule has 6 heteroatoms. The molecule has 0 unspecified atom stereocenters. The van der Waals surface area contributed by atoms with E-state index in [0.717, 1.165) is 0 Å². The third kappa shape index (κ3) is 1.51. The molecule has 0 atom stereocenters. The van der Waals surface area contributed by atoms with E-state index in [1.807, 2.05) is 0 Å². The standard InChI is InChI=1S/C8H4ClNO3S/c9-6-2-1-5(14-6)7-4(8(11)12)3-10-13-7/h1-3H,(H,11,12). The van der Waals surface area contributed by atoms with Gasteiger partial charge in [-0.15, -0.1) is 11.3 Å². The van der Waals surface area contributed by atoms with E-state index in [1.165, 1.54) is 17.5 Å². The summed E-state index contributed by atoms with van der Waals surface area (Å²) in [7, 11) is 0. The molecule has 2 heterocycles.